The molecule has 1 aliphatic rings. The van der Waals surface area contributed by atoms with E-state index in [1.165, 1.54) is 0 Å². The topological polar surface area (TPSA) is 66.0 Å². The highest BCUT2D eigenvalue weighted by atomic mass is 16.5. The third kappa shape index (κ3) is 5.63. The maximum atomic E-state index is 12.2. The van der Waals surface area contributed by atoms with Crippen molar-refractivity contribution in [3.8, 4) is 17.2 Å². The van der Waals surface area contributed by atoms with Gasteiger partial charge in [-0.15, -0.1) is 0 Å². The number of hydrogen-bond acceptors (Lipinski definition) is 5. The molecule has 6 nitrogen and oxygen atoms in total. The second-order valence-corrected chi connectivity index (χ2v) is 6.74. The minimum Gasteiger partial charge on any atom is -0.497 e. The fourth-order valence-corrected chi connectivity index (χ4v) is 3.13. The lowest BCUT2D eigenvalue weighted by molar-refractivity contribution is -0.120. The standard InChI is InChI=1S/C22H27NO5/c1-25-18-6-3-5-16(11-18)13-22(24)23-14-17-8-9-20(21(12-17)26-2)28-15-19-7-4-10-27-19/h3,5-6,8-9,11-12,19H,4,7,10,13-15H2,1-2H3,(H,23,24)/t19-/m0/s1. The molecule has 3 rings (SSSR count). The van der Waals surface area contributed by atoms with Gasteiger partial charge in [0.25, 0.3) is 0 Å². The van der Waals surface area contributed by atoms with E-state index in [-0.39, 0.29) is 12.0 Å². The van der Waals surface area contributed by atoms with E-state index >= 15 is 0 Å². The molecule has 1 atom stereocenters. The van der Waals surface area contributed by atoms with Crippen LogP contribution in [0.3, 0.4) is 0 Å². The smallest absolute Gasteiger partial charge is 0.224 e. The van der Waals surface area contributed by atoms with E-state index in [0.29, 0.717) is 31.1 Å². The summed E-state index contributed by atoms with van der Waals surface area (Å²) in [6.45, 7) is 1.75. The Morgan fingerprint density at radius 2 is 2.00 bits per heavy atom. The lowest BCUT2D eigenvalue weighted by atomic mass is 10.1. The molecular formula is C22H27NO5. The highest BCUT2D eigenvalue weighted by Crippen LogP contribution is 2.29. The molecule has 0 spiro atoms. The van der Waals surface area contributed by atoms with Crippen molar-refractivity contribution in [2.24, 2.45) is 0 Å². The van der Waals surface area contributed by atoms with E-state index in [2.05, 4.69) is 5.32 Å². The van der Waals surface area contributed by atoms with Gasteiger partial charge in [-0.05, 0) is 48.2 Å². The van der Waals surface area contributed by atoms with E-state index in [1.54, 1.807) is 14.2 Å². The fraction of sp³-hybridized carbons (Fsp3) is 0.409. The van der Waals surface area contributed by atoms with Crippen LogP contribution in [0.1, 0.15) is 24.0 Å². The van der Waals surface area contributed by atoms with Gasteiger partial charge in [0, 0.05) is 13.2 Å². The first kappa shape index (κ1) is 20.0. The Kier molecular flexibility index (Phi) is 7.14. The first-order valence-electron chi connectivity index (χ1n) is 9.49. The normalized spacial score (nSPS) is 15.9. The van der Waals surface area contributed by atoms with Crippen LogP contribution in [0.25, 0.3) is 0 Å². The molecule has 0 aromatic heterocycles. The van der Waals surface area contributed by atoms with Crippen molar-refractivity contribution in [2.75, 3.05) is 27.4 Å². The Labute approximate surface area is 165 Å². The third-order valence-corrected chi connectivity index (χ3v) is 4.67. The van der Waals surface area contributed by atoms with Crippen LogP contribution in [0.2, 0.25) is 0 Å². The summed E-state index contributed by atoms with van der Waals surface area (Å²) in [5.74, 6) is 2.03. The monoisotopic (exact) mass is 385 g/mol. The molecule has 28 heavy (non-hydrogen) atoms. The van der Waals surface area contributed by atoms with Gasteiger partial charge in [-0.1, -0.05) is 18.2 Å². The second-order valence-electron chi connectivity index (χ2n) is 6.74. The van der Waals surface area contributed by atoms with Gasteiger partial charge in [0.15, 0.2) is 11.5 Å². The molecule has 0 radical (unpaired) electrons. The summed E-state index contributed by atoms with van der Waals surface area (Å²) < 4.78 is 22.0. The minimum atomic E-state index is -0.0501. The first-order valence-corrected chi connectivity index (χ1v) is 9.49. The molecule has 1 heterocycles. The predicted molar refractivity (Wildman–Crippen MR) is 106 cm³/mol. The van der Waals surface area contributed by atoms with Crippen molar-refractivity contribution >= 4 is 5.91 Å². The molecule has 1 N–H and O–H groups in total. The van der Waals surface area contributed by atoms with E-state index in [1.807, 2.05) is 42.5 Å². The second kappa shape index (κ2) is 9.99. The molecule has 0 bridgehead atoms. The van der Waals surface area contributed by atoms with Crippen LogP contribution < -0.4 is 19.5 Å². The first-order chi connectivity index (χ1) is 13.7. The zero-order valence-corrected chi connectivity index (χ0v) is 16.4. The van der Waals surface area contributed by atoms with Crippen LogP contribution >= 0.6 is 0 Å². The Morgan fingerprint density at radius 3 is 2.75 bits per heavy atom. The highest BCUT2D eigenvalue weighted by Gasteiger charge is 2.17. The van der Waals surface area contributed by atoms with Crippen LogP contribution in [0.5, 0.6) is 17.2 Å². The highest BCUT2D eigenvalue weighted by molar-refractivity contribution is 5.78. The van der Waals surface area contributed by atoms with Gasteiger partial charge in [-0.25, -0.2) is 0 Å². The maximum Gasteiger partial charge on any atom is 0.224 e. The summed E-state index contributed by atoms with van der Waals surface area (Å²) in [6, 6.07) is 13.2. The summed E-state index contributed by atoms with van der Waals surface area (Å²) in [4.78, 5) is 12.2. The number of methoxy groups -OCH3 is 2. The van der Waals surface area contributed by atoms with Crippen LogP contribution in [-0.2, 0) is 22.5 Å². The molecule has 150 valence electrons. The van der Waals surface area contributed by atoms with Gasteiger partial charge < -0.3 is 24.3 Å². The largest absolute Gasteiger partial charge is 0.497 e. The van der Waals surface area contributed by atoms with E-state index in [4.69, 9.17) is 18.9 Å². The third-order valence-electron chi connectivity index (χ3n) is 4.67. The Balaban J connectivity index is 1.52. The van der Waals surface area contributed by atoms with Crippen LogP contribution in [-0.4, -0.2) is 39.4 Å². The van der Waals surface area contributed by atoms with Gasteiger partial charge in [-0.2, -0.15) is 0 Å². The van der Waals surface area contributed by atoms with Crippen LogP contribution in [0.4, 0.5) is 0 Å². The zero-order chi connectivity index (χ0) is 19.8. The lowest BCUT2D eigenvalue weighted by Gasteiger charge is -2.15. The van der Waals surface area contributed by atoms with E-state index in [0.717, 1.165) is 36.3 Å². The fourth-order valence-electron chi connectivity index (χ4n) is 3.13. The number of benzene rings is 2. The van der Waals surface area contributed by atoms with E-state index < -0.39 is 0 Å². The molecule has 0 aliphatic carbocycles. The average molecular weight is 385 g/mol. The number of rotatable bonds is 9. The molecule has 2 aromatic carbocycles. The molecule has 2 aromatic rings. The summed E-state index contributed by atoms with van der Waals surface area (Å²) in [7, 11) is 3.22. The van der Waals surface area contributed by atoms with Crippen molar-refractivity contribution in [1.29, 1.82) is 0 Å². The van der Waals surface area contributed by atoms with Gasteiger partial charge in [-0.3, -0.25) is 4.79 Å². The van der Waals surface area contributed by atoms with Crippen molar-refractivity contribution in [3.05, 3.63) is 53.6 Å². The number of carbonyl (C=O) groups is 1. The number of nitrogens with one attached hydrogen (secondary N) is 1. The van der Waals surface area contributed by atoms with Gasteiger partial charge in [0.1, 0.15) is 12.4 Å². The SMILES string of the molecule is COc1cccc(CC(=O)NCc2ccc(OC[C@@H]3CCCO3)c(OC)c2)c1. The number of hydrogen-bond donors (Lipinski definition) is 1. The van der Waals surface area contributed by atoms with Crippen molar-refractivity contribution in [3.63, 3.8) is 0 Å². The van der Waals surface area contributed by atoms with Gasteiger partial charge in [0.2, 0.25) is 5.91 Å². The van der Waals surface area contributed by atoms with Gasteiger partial charge in [0.05, 0.1) is 26.7 Å². The summed E-state index contributed by atoms with van der Waals surface area (Å²) in [5, 5.41) is 2.94. The minimum absolute atomic E-state index is 0.0501. The van der Waals surface area contributed by atoms with Crippen molar-refractivity contribution in [2.45, 2.75) is 31.9 Å². The Hall–Kier alpha value is -2.73. The molecule has 6 heteroatoms. The van der Waals surface area contributed by atoms with Crippen LogP contribution in [0.15, 0.2) is 42.5 Å². The number of ether oxygens (including phenoxy) is 4. The molecule has 1 saturated heterocycles. The van der Waals surface area contributed by atoms with E-state index in [9.17, 15) is 4.79 Å². The Bertz CT molecular complexity index is 786. The molecule has 1 fully saturated rings. The average Bonchev–Trinajstić information content (AvgIpc) is 3.24. The molecule has 1 aliphatic heterocycles. The van der Waals surface area contributed by atoms with Gasteiger partial charge >= 0.3 is 0 Å². The van der Waals surface area contributed by atoms with Crippen molar-refractivity contribution in [1.82, 2.24) is 5.32 Å². The number of amides is 1. The zero-order valence-electron chi connectivity index (χ0n) is 16.4. The molecule has 0 saturated carbocycles. The summed E-state index contributed by atoms with van der Waals surface area (Å²) >= 11 is 0. The summed E-state index contributed by atoms with van der Waals surface area (Å²) in [5.41, 5.74) is 1.85. The molecule has 0 unspecified atom stereocenters. The maximum absolute atomic E-state index is 12.2. The number of carbonyl (C=O) groups excluding carboxylic acids is 1. The lowest BCUT2D eigenvalue weighted by Crippen LogP contribution is -2.24. The predicted octanol–water partition coefficient (Wildman–Crippen LogP) is 3.12. The molecule has 1 amide bonds. The quantitative estimate of drug-likeness (QED) is 0.718. The Morgan fingerprint density at radius 1 is 1.11 bits per heavy atom. The van der Waals surface area contributed by atoms with Crippen molar-refractivity contribution < 1.29 is 23.7 Å². The van der Waals surface area contributed by atoms with Crippen LogP contribution in [0, 0.1) is 0 Å². The summed E-state index contributed by atoms with van der Waals surface area (Å²) in [6.07, 6.45) is 2.57. The molecular weight excluding hydrogens is 358 g/mol.